The van der Waals surface area contributed by atoms with E-state index in [2.05, 4.69) is 37.4 Å². The topological polar surface area (TPSA) is 56.8 Å². The van der Waals surface area contributed by atoms with Gasteiger partial charge in [0, 0.05) is 22.8 Å². The number of hydrogen-bond acceptors (Lipinski definition) is 5. The number of hydrogen-bond donors (Lipinski definition) is 1. The number of carbonyl (C=O) groups excluding carboxylic acids is 1. The third-order valence-electron chi connectivity index (χ3n) is 4.06. The second kappa shape index (κ2) is 9.38. The number of thioether (sulfide) groups is 1. The summed E-state index contributed by atoms with van der Waals surface area (Å²) in [5, 5.41) is 2.92. The smallest absolute Gasteiger partial charge is 0.251 e. The summed E-state index contributed by atoms with van der Waals surface area (Å²) in [5.41, 5.74) is 3.03. The summed E-state index contributed by atoms with van der Waals surface area (Å²) in [6.07, 6.45) is 0. The van der Waals surface area contributed by atoms with E-state index >= 15 is 0 Å². The molecule has 0 saturated heterocycles. The van der Waals surface area contributed by atoms with E-state index in [0.717, 1.165) is 5.75 Å². The molecular weight excluding hydrogens is 350 g/mol. The molecule has 0 aliphatic rings. The van der Waals surface area contributed by atoms with Crippen LogP contribution in [0.3, 0.4) is 0 Å². The highest BCUT2D eigenvalue weighted by Gasteiger charge is 2.16. The Kier molecular flexibility index (Phi) is 7.21. The van der Waals surface area contributed by atoms with Crippen LogP contribution >= 0.6 is 11.8 Å². The van der Waals surface area contributed by atoms with Crippen molar-refractivity contribution in [3.05, 3.63) is 47.0 Å². The molecule has 0 saturated carbocycles. The molecule has 0 aliphatic heterocycles. The van der Waals surface area contributed by atoms with Gasteiger partial charge in [-0.2, -0.15) is 0 Å². The normalized spacial score (nSPS) is 10.3. The third kappa shape index (κ3) is 4.85. The summed E-state index contributed by atoms with van der Waals surface area (Å²) in [7, 11) is 4.59. The van der Waals surface area contributed by atoms with Crippen molar-refractivity contribution in [2.45, 2.75) is 18.7 Å². The Hall–Kier alpha value is -2.34. The maximum Gasteiger partial charge on any atom is 0.251 e. The Bertz CT molecular complexity index is 751. The van der Waals surface area contributed by atoms with E-state index in [1.165, 1.54) is 37.4 Å². The molecule has 0 bridgehead atoms. The summed E-state index contributed by atoms with van der Waals surface area (Å²) in [6.45, 7) is 4.76. The standard InChI is InChI=1S/C20H25NO4S/c1-13-6-7-16(10-14(13)2)26-9-8-21-20(22)15-11-17(23-3)19(25-5)18(12-15)24-4/h6-7,10-12H,8-9H2,1-5H3,(H,21,22). The third-order valence-corrected chi connectivity index (χ3v) is 5.06. The first-order valence-electron chi connectivity index (χ1n) is 8.28. The van der Waals surface area contributed by atoms with Gasteiger partial charge in [0.2, 0.25) is 5.75 Å². The van der Waals surface area contributed by atoms with E-state index in [4.69, 9.17) is 14.2 Å². The molecule has 6 heteroatoms. The van der Waals surface area contributed by atoms with Gasteiger partial charge in [0.05, 0.1) is 21.3 Å². The van der Waals surface area contributed by atoms with E-state index in [1.54, 1.807) is 23.9 Å². The number of aryl methyl sites for hydroxylation is 2. The van der Waals surface area contributed by atoms with Crippen molar-refractivity contribution in [3.63, 3.8) is 0 Å². The molecule has 5 nitrogen and oxygen atoms in total. The average Bonchev–Trinajstić information content (AvgIpc) is 2.66. The maximum absolute atomic E-state index is 12.4. The fourth-order valence-electron chi connectivity index (χ4n) is 2.45. The molecule has 2 aromatic carbocycles. The fourth-order valence-corrected chi connectivity index (χ4v) is 3.32. The van der Waals surface area contributed by atoms with Gasteiger partial charge in [0.1, 0.15) is 0 Å². The number of amides is 1. The minimum Gasteiger partial charge on any atom is -0.493 e. The van der Waals surface area contributed by atoms with Crippen LogP contribution in [0.25, 0.3) is 0 Å². The van der Waals surface area contributed by atoms with Crippen molar-refractivity contribution in [1.29, 1.82) is 0 Å². The lowest BCUT2D eigenvalue weighted by Crippen LogP contribution is -2.25. The first-order valence-corrected chi connectivity index (χ1v) is 9.27. The number of rotatable bonds is 8. The van der Waals surface area contributed by atoms with Crippen molar-refractivity contribution in [2.75, 3.05) is 33.6 Å². The van der Waals surface area contributed by atoms with Crippen LogP contribution in [-0.2, 0) is 0 Å². The van der Waals surface area contributed by atoms with E-state index < -0.39 is 0 Å². The van der Waals surface area contributed by atoms with Gasteiger partial charge in [-0.15, -0.1) is 11.8 Å². The first kappa shape index (κ1) is 20.0. The van der Waals surface area contributed by atoms with Gasteiger partial charge < -0.3 is 19.5 Å². The Morgan fingerprint density at radius 2 is 1.62 bits per heavy atom. The number of carbonyl (C=O) groups is 1. The molecule has 140 valence electrons. The molecule has 0 spiro atoms. The fraction of sp³-hybridized carbons (Fsp3) is 0.350. The van der Waals surface area contributed by atoms with Crippen molar-refractivity contribution < 1.29 is 19.0 Å². The predicted molar refractivity (Wildman–Crippen MR) is 105 cm³/mol. The van der Waals surface area contributed by atoms with Gasteiger partial charge in [-0.25, -0.2) is 0 Å². The molecule has 0 aromatic heterocycles. The zero-order valence-electron chi connectivity index (χ0n) is 15.8. The molecule has 2 aromatic rings. The molecule has 26 heavy (non-hydrogen) atoms. The van der Waals surface area contributed by atoms with Crippen LogP contribution in [0.4, 0.5) is 0 Å². The predicted octanol–water partition coefficient (Wildman–Crippen LogP) is 3.85. The van der Waals surface area contributed by atoms with Crippen LogP contribution in [-0.4, -0.2) is 39.5 Å². The molecule has 0 radical (unpaired) electrons. The summed E-state index contributed by atoms with van der Waals surface area (Å²) < 4.78 is 15.8. The van der Waals surface area contributed by atoms with Crippen molar-refractivity contribution in [2.24, 2.45) is 0 Å². The van der Waals surface area contributed by atoms with Gasteiger partial charge in [0.25, 0.3) is 5.91 Å². The van der Waals surface area contributed by atoms with Crippen LogP contribution < -0.4 is 19.5 Å². The summed E-state index contributed by atoms with van der Waals surface area (Å²) in [6, 6.07) is 9.68. The molecule has 0 fully saturated rings. The van der Waals surface area contributed by atoms with Crippen LogP contribution in [0.5, 0.6) is 17.2 Å². The van der Waals surface area contributed by atoms with Crippen LogP contribution in [0.1, 0.15) is 21.5 Å². The number of ether oxygens (including phenoxy) is 3. The second-order valence-corrected chi connectivity index (χ2v) is 6.93. The molecule has 1 N–H and O–H groups in total. The Balaban J connectivity index is 1.96. The zero-order chi connectivity index (χ0) is 19.1. The van der Waals surface area contributed by atoms with Gasteiger partial charge in [-0.05, 0) is 49.2 Å². The minimum atomic E-state index is -0.176. The molecule has 0 atom stereocenters. The monoisotopic (exact) mass is 375 g/mol. The number of nitrogens with one attached hydrogen (secondary N) is 1. The summed E-state index contributed by atoms with van der Waals surface area (Å²) >= 11 is 1.72. The van der Waals surface area contributed by atoms with Gasteiger partial charge in [0.15, 0.2) is 11.5 Å². The Morgan fingerprint density at radius 3 is 2.15 bits per heavy atom. The number of benzene rings is 2. The largest absolute Gasteiger partial charge is 0.493 e. The molecule has 1 amide bonds. The van der Waals surface area contributed by atoms with E-state index in [9.17, 15) is 4.79 Å². The lowest BCUT2D eigenvalue weighted by atomic mass is 10.1. The van der Waals surface area contributed by atoms with Crippen molar-refractivity contribution in [1.82, 2.24) is 5.32 Å². The Labute approximate surface area is 159 Å². The van der Waals surface area contributed by atoms with Crippen molar-refractivity contribution >= 4 is 17.7 Å². The van der Waals surface area contributed by atoms with Crippen molar-refractivity contribution in [3.8, 4) is 17.2 Å². The quantitative estimate of drug-likeness (QED) is 0.561. The van der Waals surface area contributed by atoms with Crippen LogP contribution in [0.15, 0.2) is 35.2 Å². The molecule has 2 rings (SSSR count). The second-order valence-electron chi connectivity index (χ2n) is 5.76. The SMILES string of the molecule is COc1cc(C(=O)NCCSc2ccc(C)c(C)c2)cc(OC)c1OC. The first-order chi connectivity index (χ1) is 12.5. The molecular formula is C20H25NO4S. The Morgan fingerprint density at radius 1 is 0.962 bits per heavy atom. The lowest BCUT2D eigenvalue weighted by molar-refractivity contribution is 0.0955. The molecule has 0 aliphatic carbocycles. The van der Waals surface area contributed by atoms with E-state index in [1.807, 2.05) is 0 Å². The van der Waals surface area contributed by atoms with Gasteiger partial charge in [-0.1, -0.05) is 6.07 Å². The highest BCUT2D eigenvalue weighted by Crippen LogP contribution is 2.38. The molecule has 0 heterocycles. The summed E-state index contributed by atoms with van der Waals surface area (Å²) in [4.78, 5) is 13.6. The van der Waals surface area contributed by atoms with Crippen LogP contribution in [0.2, 0.25) is 0 Å². The highest BCUT2D eigenvalue weighted by molar-refractivity contribution is 7.99. The molecule has 0 unspecified atom stereocenters. The van der Waals surface area contributed by atoms with Crippen LogP contribution in [0, 0.1) is 13.8 Å². The lowest BCUT2D eigenvalue weighted by Gasteiger charge is -2.14. The zero-order valence-corrected chi connectivity index (χ0v) is 16.7. The van der Waals surface area contributed by atoms with E-state index in [0.29, 0.717) is 29.4 Å². The maximum atomic E-state index is 12.4. The number of methoxy groups -OCH3 is 3. The van der Waals surface area contributed by atoms with Gasteiger partial charge >= 0.3 is 0 Å². The average molecular weight is 375 g/mol. The highest BCUT2D eigenvalue weighted by atomic mass is 32.2. The van der Waals surface area contributed by atoms with Gasteiger partial charge in [-0.3, -0.25) is 4.79 Å². The minimum absolute atomic E-state index is 0.176. The summed E-state index contributed by atoms with van der Waals surface area (Å²) in [5.74, 6) is 2.00. The van der Waals surface area contributed by atoms with E-state index in [-0.39, 0.29) is 5.91 Å².